The third-order valence-electron chi connectivity index (χ3n) is 7.96. The Morgan fingerprint density at radius 2 is 1.80 bits per heavy atom. The minimum Gasteiger partial charge on any atom is -0.465 e. The summed E-state index contributed by atoms with van der Waals surface area (Å²) >= 11 is 0. The fraction of sp³-hybridized carbons (Fsp3) is 0.387. The fourth-order valence-electron chi connectivity index (χ4n) is 6.14. The van der Waals surface area contributed by atoms with Crippen LogP contribution in [-0.4, -0.2) is 56.5 Å². The molecule has 0 bridgehead atoms. The van der Waals surface area contributed by atoms with Crippen LogP contribution in [0.25, 0.3) is 11.3 Å². The lowest BCUT2D eigenvalue weighted by Gasteiger charge is -2.46. The van der Waals surface area contributed by atoms with E-state index in [2.05, 4.69) is 32.7 Å². The Balaban J connectivity index is 1.35. The number of nitrogens with zero attached hydrogens (tertiary/aromatic N) is 3. The molecule has 1 unspecified atom stereocenters. The van der Waals surface area contributed by atoms with E-state index in [1.807, 2.05) is 32.9 Å². The predicted molar refractivity (Wildman–Crippen MR) is 155 cm³/mol. The number of nitrogens with one attached hydrogen (secondary N) is 2. The number of amides is 3. The van der Waals surface area contributed by atoms with Crippen molar-refractivity contribution in [3.8, 4) is 11.3 Å². The molecule has 5 rings (SSSR count). The number of anilines is 1. The third-order valence-corrected chi connectivity index (χ3v) is 7.96. The van der Waals surface area contributed by atoms with Crippen LogP contribution in [0.2, 0.25) is 0 Å². The van der Waals surface area contributed by atoms with Gasteiger partial charge in [0.25, 0.3) is 11.8 Å². The zero-order valence-electron chi connectivity index (χ0n) is 23.6. The fourth-order valence-corrected chi connectivity index (χ4v) is 6.14. The lowest BCUT2D eigenvalue weighted by atomic mass is 9.77. The van der Waals surface area contributed by atoms with Gasteiger partial charge in [0.15, 0.2) is 11.5 Å². The van der Waals surface area contributed by atoms with Crippen molar-refractivity contribution in [2.75, 3.05) is 12.3 Å². The van der Waals surface area contributed by atoms with Crippen molar-refractivity contribution in [3.05, 3.63) is 77.1 Å². The zero-order chi connectivity index (χ0) is 29.3. The maximum absolute atomic E-state index is 13.4. The summed E-state index contributed by atoms with van der Waals surface area (Å²) in [4.78, 5) is 48.6. The molecule has 10 heteroatoms. The molecule has 214 valence electrons. The summed E-state index contributed by atoms with van der Waals surface area (Å²) in [5.41, 5.74) is 9.52. The van der Waals surface area contributed by atoms with Gasteiger partial charge < -0.3 is 26.4 Å². The first-order valence-corrected chi connectivity index (χ1v) is 13.9. The van der Waals surface area contributed by atoms with Crippen molar-refractivity contribution in [2.45, 2.75) is 64.6 Å². The van der Waals surface area contributed by atoms with Gasteiger partial charge in [-0.15, -0.1) is 0 Å². The largest absolute Gasteiger partial charge is 0.465 e. The summed E-state index contributed by atoms with van der Waals surface area (Å²) in [6.45, 7) is 6.29. The van der Waals surface area contributed by atoms with Crippen LogP contribution in [0.4, 0.5) is 10.6 Å². The Kier molecular flexibility index (Phi) is 7.66. The van der Waals surface area contributed by atoms with Crippen molar-refractivity contribution in [1.29, 1.82) is 0 Å². The molecular formula is C31H36N6O4. The van der Waals surface area contributed by atoms with E-state index in [4.69, 9.17) is 5.73 Å². The average molecular weight is 557 g/mol. The summed E-state index contributed by atoms with van der Waals surface area (Å²) in [6.07, 6.45) is 3.51. The quantitative estimate of drug-likeness (QED) is 0.363. The van der Waals surface area contributed by atoms with Gasteiger partial charge in [0.2, 0.25) is 0 Å². The molecular weight excluding hydrogens is 520 g/mol. The number of likely N-dealkylation sites (tertiary alicyclic amines) is 1. The Bertz CT molecular complexity index is 1480. The number of hydrogen-bond donors (Lipinski definition) is 4. The number of piperidine rings is 1. The van der Waals surface area contributed by atoms with E-state index in [1.165, 1.54) is 16.7 Å². The zero-order valence-corrected chi connectivity index (χ0v) is 23.6. The van der Waals surface area contributed by atoms with E-state index >= 15 is 0 Å². The molecule has 1 aromatic heterocycles. The number of aromatic nitrogens is 2. The molecule has 1 aliphatic carbocycles. The lowest BCUT2D eigenvalue weighted by Crippen LogP contribution is -2.61. The molecule has 1 aliphatic heterocycles. The second-order valence-corrected chi connectivity index (χ2v) is 11.8. The van der Waals surface area contributed by atoms with Gasteiger partial charge in [0, 0.05) is 17.7 Å². The number of carboxylic acid groups (broad SMARTS) is 1. The number of fused-ring (bicyclic) bond motifs is 1. The van der Waals surface area contributed by atoms with Crippen molar-refractivity contribution in [3.63, 3.8) is 0 Å². The molecule has 2 aliphatic rings. The van der Waals surface area contributed by atoms with Gasteiger partial charge in [0.1, 0.15) is 0 Å². The van der Waals surface area contributed by atoms with Crippen LogP contribution in [0, 0.1) is 5.41 Å². The molecule has 1 saturated heterocycles. The van der Waals surface area contributed by atoms with Gasteiger partial charge in [0.05, 0.1) is 30.0 Å². The van der Waals surface area contributed by atoms with E-state index < -0.39 is 29.5 Å². The van der Waals surface area contributed by atoms with Crippen molar-refractivity contribution >= 4 is 23.7 Å². The SMILES string of the molecule is CC(C)(C)C1[C@H](NC(=O)c2nc(-c3cccc(C(=O)N[C@H]4CCc5ccccc54)c3)cnc2N)CCCN1C(=O)O. The molecule has 5 N–H and O–H groups in total. The first kappa shape index (κ1) is 28.1. The topological polar surface area (TPSA) is 151 Å². The minimum absolute atomic E-state index is 0.0294. The molecule has 1 fully saturated rings. The van der Waals surface area contributed by atoms with Crippen LogP contribution in [0.1, 0.15) is 78.0 Å². The van der Waals surface area contributed by atoms with Gasteiger partial charge in [-0.1, -0.05) is 57.2 Å². The van der Waals surface area contributed by atoms with Crippen molar-refractivity contribution in [2.24, 2.45) is 5.41 Å². The second kappa shape index (κ2) is 11.2. The molecule has 0 saturated carbocycles. The highest BCUT2D eigenvalue weighted by Crippen LogP contribution is 2.33. The molecule has 3 atom stereocenters. The molecule has 0 spiro atoms. The van der Waals surface area contributed by atoms with Crippen LogP contribution in [0.5, 0.6) is 0 Å². The smallest absolute Gasteiger partial charge is 0.407 e. The minimum atomic E-state index is -1.01. The summed E-state index contributed by atoms with van der Waals surface area (Å²) in [6, 6.07) is 14.3. The standard InChI is InChI=1S/C31H36N6O4/c1-31(2,3)26-23(12-7-15-37(26)30(40)41)36-29(39)25-27(32)33-17-24(34-25)19-9-6-10-20(16-19)28(38)35-22-14-13-18-8-4-5-11-21(18)22/h4-6,8-11,16-17,22-23,26H,7,12-15H2,1-3H3,(H2,32,33)(H,35,38)(H,36,39)(H,40,41)/t22-,23+,26?/m0/s1. The second-order valence-electron chi connectivity index (χ2n) is 11.8. The van der Waals surface area contributed by atoms with Crippen LogP contribution in [-0.2, 0) is 6.42 Å². The summed E-state index contributed by atoms with van der Waals surface area (Å²) < 4.78 is 0. The van der Waals surface area contributed by atoms with E-state index in [0.717, 1.165) is 18.4 Å². The highest BCUT2D eigenvalue weighted by atomic mass is 16.4. The predicted octanol–water partition coefficient (Wildman–Crippen LogP) is 4.43. The molecule has 0 radical (unpaired) electrons. The van der Waals surface area contributed by atoms with E-state index in [9.17, 15) is 19.5 Å². The van der Waals surface area contributed by atoms with Crippen LogP contribution in [0.15, 0.2) is 54.7 Å². The van der Waals surface area contributed by atoms with Gasteiger partial charge in [-0.05, 0) is 54.4 Å². The first-order valence-electron chi connectivity index (χ1n) is 13.9. The number of rotatable bonds is 5. The highest BCUT2D eigenvalue weighted by Gasteiger charge is 2.42. The Morgan fingerprint density at radius 1 is 1.02 bits per heavy atom. The monoisotopic (exact) mass is 556 g/mol. The van der Waals surface area contributed by atoms with E-state index in [1.54, 1.807) is 24.3 Å². The molecule has 3 aromatic rings. The average Bonchev–Trinajstić information content (AvgIpc) is 3.35. The van der Waals surface area contributed by atoms with Gasteiger partial charge >= 0.3 is 6.09 Å². The summed E-state index contributed by atoms with van der Waals surface area (Å²) in [5, 5.41) is 15.9. The molecule has 3 amide bonds. The van der Waals surface area contributed by atoms with Crippen LogP contribution >= 0.6 is 0 Å². The Hall–Kier alpha value is -4.47. The molecule has 10 nitrogen and oxygen atoms in total. The third kappa shape index (κ3) is 5.86. The van der Waals surface area contributed by atoms with E-state index in [-0.39, 0.29) is 23.5 Å². The Labute approximate surface area is 239 Å². The molecule has 2 heterocycles. The Morgan fingerprint density at radius 3 is 2.56 bits per heavy atom. The van der Waals surface area contributed by atoms with E-state index in [0.29, 0.717) is 36.2 Å². The van der Waals surface area contributed by atoms with Crippen LogP contribution in [0.3, 0.4) is 0 Å². The maximum atomic E-state index is 13.4. The van der Waals surface area contributed by atoms with Crippen molar-refractivity contribution < 1.29 is 19.5 Å². The number of nitrogen functional groups attached to an aromatic ring is 1. The number of carbonyl (C=O) groups excluding carboxylic acids is 2. The van der Waals surface area contributed by atoms with Gasteiger partial charge in [-0.25, -0.2) is 14.8 Å². The molecule has 2 aromatic carbocycles. The van der Waals surface area contributed by atoms with Crippen LogP contribution < -0.4 is 16.4 Å². The highest BCUT2D eigenvalue weighted by molar-refractivity contribution is 5.98. The van der Waals surface area contributed by atoms with Gasteiger partial charge in [-0.2, -0.15) is 0 Å². The molecule has 41 heavy (non-hydrogen) atoms. The van der Waals surface area contributed by atoms with Gasteiger partial charge in [-0.3, -0.25) is 9.59 Å². The number of nitrogens with two attached hydrogens (primary N) is 1. The summed E-state index contributed by atoms with van der Waals surface area (Å²) in [7, 11) is 0. The number of hydrogen-bond acceptors (Lipinski definition) is 6. The normalized spacial score (nSPS) is 20.3. The number of aryl methyl sites for hydroxylation is 1. The number of carbonyl (C=O) groups is 3. The summed E-state index contributed by atoms with van der Waals surface area (Å²) in [5.74, 6) is -0.737. The number of benzene rings is 2. The maximum Gasteiger partial charge on any atom is 0.407 e. The van der Waals surface area contributed by atoms with Crippen molar-refractivity contribution in [1.82, 2.24) is 25.5 Å². The lowest BCUT2D eigenvalue weighted by molar-refractivity contribution is 0.0358. The first-order chi connectivity index (χ1) is 19.5.